The average Bonchev–Trinajstić information content (AvgIpc) is 2.63. The molecule has 0 bridgehead atoms. The zero-order chi connectivity index (χ0) is 20.5. The van der Waals surface area contributed by atoms with Gasteiger partial charge in [0.15, 0.2) is 0 Å². The summed E-state index contributed by atoms with van der Waals surface area (Å²) >= 11 is 0. The number of hydrogen-bond donors (Lipinski definition) is 1. The van der Waals surface area contributed by atoms with Crippen LogP contribution >= 0.6 is 0 Å². The predicted molar refractivity (Wildman–Crippen MR) is 114 cm³/mol. The van der Waals surface area contributed by atoms with E-state index in [2.05, 4.69) is 40.7 Å². The zero-order valence-corrected chi connectivity index (χ0v) is 18.2. The third-order valence-electron chi connectivity index (χ3n) is 6.92. The lowest BCUT2D eigenvalue weighted by molar-refractivity contribution is -0.105. The Morgan fingerprint density at radius 2 is 2.00 bits per heavy atom. The number of hydrogen-bond acceptors (Lipinski definition) is 3. The standard InChI is InChI=1S/C25H36O3/c1-6-7-8-9-12-24(2,3)18-14-21(27)23-19-13-17(16-26)10-11-20(19)25(4,5)28-22(23)15-18/h10,14-16,19-20,27H,6-9,11-13H2,1-5H3/t19?,20-/m0/s1. The Bertz CT molecular complexity index is 757. The fourth-order valence-corrected chi connectivity index (χ4v) is 5.05. The quantitative estimate of drug-likeness (QED) is 0.435. The number of unbranched alkanes of at least 4 members (excludes halogenated alkanes) is 3. The Hall–Kier alpha value is -1.77. The van der Waals surface area contributed by atoms with Crippen LogP contribution in [0.1, 0.15) is 96.6 Å². The van der Waals surface area contributed by atoms with Gasteiger partial charge in [-0.3, -0.25) is 4.79 Å². The Balaban J connectivity index is 1.94. The van der Waals surface area contributed by atoms with Crippen molar-refractivity contribution in [3.05, 3.63) is 34.9 Å². The van der Waals surface area contributed by atoms with Crippen LogP contribution in [0.2, 0.25) is 0 Å². The smallest absolute Gasteiger partial charge is 0.145 e. The lowest BCUT2D eigenvalue weighted by Gasteiger charge is -2.47. The number of fused-ring (bicyclic) bond motifs is 3. The van der Waals surface area contributed by atoms with Crippen molar-refractivity contribution in [1.82, 2.24) is 0 Å². The summed E-state index contributed by atoms with van der Waals surface area (Å²) in [6.07, 6.45) is 10.6. The number of aromatic hydroxyl groups is 1. The fraction of sp³-hybridized carbons (Fsp3) is 0.640. The van der Waals surface area contributed by atoms with Gasteiger partial charge in [-0.25, -0.2) is 0 Å². The van der Waals surface area contributed by atoms with Gasteiger partial charge in [-0.05, 0) is 61.8 Å². The van der Waals surface area contributed by atoms with E-state index in [9.17, 15) is 9.90 Å². The SMILES string of the molecule is CCCCCCC(C)(C)c1cc(O)c2c(c1)OC(C)(C)[C@H]1CC=C(C=O)CC21. The first-order valence-corrected chi connectivity index (χ1v) is 10.9. The van der Waals surface area contributed by atoms with Crippen molar-refractivity contribution in [3.63, 3.8) is 0 Å². The highest BCUT2D eigenvalue weighted by molar-refractivity contribution is 5.74. The summed E-state index contributed by atoms with van der Waals surface area (Å²) < 4.78 is 6.44. The van der Waals surface area contributed by atoms with Crippen LogP contribution in [0.4, 0.5) is 0 Å². The van der Waals surface area contributed by atoms with E-state index < -0.39 is 0 Å². The minimum atomic E-state index is -0.321. The van der Waals surface area contributed by atoms with Gasteiger partial charge in [-0.1, -0.05) is 52.5 Å². The van der Waals surface area contributed by atoms with Crippen molar-refractivity contribution >= 4 is 6.29 Å². The molecule has 0 saturated carbocycles. The van der Waals surface area contributed by atoms with Crippen LogP contribution in [-0.4, -0.2) is 17.0 Å². The van der Waals surface area contributed by atoms with Gasteiger partial charge in [0, 0.05) is 17.4 Å². The van der Waals surface area contributed by atoms with Crippen molar-refractivity contribution in [2.75, 3.05) is 0 Å². The molecule has 1 heterocycles. The summed E-state index contributed by atoms with van der Waals surface area (Å²) in [6.45, 7) is 11.0. The molecule has 0 spiro atoms. The van der Waals surface area contributed by atoms with Gasteiger partial charge in [-0.2, -0.15) is 0 Å². The Morgan fingerprint density at radius 1 is 1.25 bits per heavy atom. The summed E-state index contributed by atoms with van der Waals surface area (Å²) in [5.41, 5.74) is 2.53. The molecule has 28 heavy (non-hydrogen) atoms. The molecule has 3 heteroatoms. The maximum Gasteiger partial charge on any atom is 0.145 e. The van der Waals surface area contributed by atoms with E-state index in [-0.39, 0.29) is 22.9 Å². The van der Waals surface area contributed by atoms with E-state index in [1.54, 1.807) is 0 Å². The normalized spacial score (nSPS) is 23.2. The van der Waals surface area contributed by atoms with Crippen molar-refractivity contribution in [2.24, 2.45) is 5.92 Å². The Kier molecular flexibility index (Phi) is 5.93. The second-order valence-corrected chi connectivity index (χ2v) is 9.86. The summed E-state index contributed by atoms with van der Waals surface area (Å²) in [4.78, 5) is 11.4. The highest BCUT2D eigenvalue weighted by Gasteiger charge is 2.46. The van der Waals surface area contributed by atoms with E-state index in [4.69, 9.17) is 4.74 Å². The number of ether oxygens (including phenoxy) is 1. The molecule has 1 aliphatic carbocycles. The minimum absolute atomic E-state index is 0.00890. The number of carbonyl (C=O) groups is 1. The van der Waals surface area contributed by atoms with Crippen molar-refractivity contribution in [2.45, 2.75) is 96.5 Å². The highest BCUT2D eigenvalue weighted by atomic mass is 16.5. The van der Waals surface area contributed by atoms with Crippen LogP contribution in [0.25, 0.3) is 0 Å². The van der Waals surface area contributed by atoms with Gasteiger partial charge in [0.05, 0.1) is 0 Å². The first-order chi connectivity index (χ1) is 13.2. The molecule has 0 saturated heterocycles. The van der Waals surface area contributed by atoms with E-state index in [1.165, 1.54) is 25.7 Å². The van der Waals surface area contributed by atoms with Crippen molar-refractivity contribution in [3.8, 4) is 11.5 Å². The van der Waals surface area contributed by atoms with Crippen LogP contribution in [-0.2, 0) is 10.2 Å². The number of phenolic OH excluding ortho intramolecular Hbond substituents is 1. The van der Waals surface area contributed by atoms with E-state index in [1.807, 2.05) is 12.1 Å². The zero-order valence-electron chi connectivity index (χ0n) is 18.2. The average molecular weight is 385 g/mol. The molecule has 1 aromatic carbocycles. The molecule has 1 N–H and O–H groups in total. The molecule has 3 nitrogen and oxygen atoms in total. The topological polar surface area (TPSA) is 46.5 Å². The van der Waals surface area contributed by atoms with Gasteiger partial charge in [0.25, 0.3) is 0 Å². The van der Waals surface area contributed by atoms with Crippen molar-refractivity contribution in [1.29, 1.82) is 0 Å². The van der Waals surface area contributed by atoms with Crippen LogP contribution in [0, 0.1) is 5.92 Å². The lowest BCUT2D eigenvalue weighted by atomic mass is 9.66. The summed E-state index contributed by atoms with van der Waals surface area (Å²) in [7, 11) is 0. The Morgan fingerprint density at radius 3 is 2.68 bits per heavy atom. The van der Waals surface area contributed by atoms with Gasteiger partial charge >= 0.3 is 0 Å². The maximum absolute atomic E-state index is 11.4. The van der Waals surface area contributed by atoms with Crippen LogP contribution in [0.15, 0.2) is 23.8 Å². The summed E-state index contributed by atoms with van der Waals surface area (Å²) in [5, 5.41) is 11.0. The maximum atomic E-state index is 11.4. The molecule has 3 rings (SSSR count). The van der Waals surface area contributed by atoms with E-state index >= 15 is 0 Å². The number of carbonyl (C=O) groups excluding carboxylic acids is 1. The molecule has 1 unspecified atom stereocenters. The third-order valence-corrected chi connectivity index (χ3v) is 6.92. The molecular formula is C25H36O3. The fourth-order valence-electron chi connectivity index (χ4n) is 5.05. The van der Waals surface area contributed by atoms with Gasteiger partial charge in [0.1, 0.15) is 23.4 Å². The number of phenols is 1. The van der Waals surface area contributed by atoms with E-state index in [0.717, 1.165) is 41.6 Å². The van der Waals surface area contributed by atoms with Crippen LogP contribution < -0.4 is 4.74 Å². The van der Waals surface area contributed by atoms with Crippen LogP contribution in [0.5, 0.6) is 11.5 Å². The molecule has 0 radical (unpaired) electrons. The monoisotopic (exact) mass is 384 g/mol. The number of aldehydes is 1. The molecule has 1 aromatic rings. The summed E-state index contributed by atoms with van der Waals surface area (Å²) in [6, 6.07) is 4.09. The molecule has 154 valence electrons. The third kappa shape index (κ3) is 3.99. The molecule has 0 fully saturated rings. The van der Waals surface area contributed by atoms with Crippen LogP contribution in [0.3, 0.4) is 0 Å². The molecule has 1 aliphatic heterocycles. The molecule has 2 atom stereocenters. The first-order valence-electron chi connectivity index (χ1n) is 10.9. The second-order valence-electron chi connectivity index (χ2n) is 9.86. The number of allylic oxidation sites excluding steroid dienone is 2. The molecular weight excluding hydrogens is 348 g/mol. The number of rotatable bonds is 7. The highest BCUT2D eigenvalue weighted by Crippen LogP contribution is 2.54. The largest absolute Gasteiger partial charge is 0.508 e. The number of benzene rings is 1. The van der Waals surface area contributed by atoms with Gasteiger partial charge < -0.3 is 9.84 Å². The predicted octanol–water partition coefficient (Wildman–Crippen LogP) is 6.43. The van der Waals surface area contributed by atoms with Gasteiger partial charge in [0.2, 0.25) is 0 Å². The molecule has 2 aliphatic rings. The van der Waals surface area contributed by atoms with E-state index in [0.29, 0.717) is 12.2 Å². The second kappa shape index (κ2) is 7.93. The minimum Gasteiger partial charge on any atom is -0.508 e. The Labute approximate surface area is 170 Å². The first kappa shape index (κ1) is 21.0. The molecule has 0 amide bonds. The lowest BCUT2D eigenvalue weighted by Crippen LogP contribution is -2.45. The van der Waals surface area contributed by atoms with Crippen molar-refractivity contribution < 1.29 is 14.6 Å². The van der Waals surface area contributed by atoms with Gasteiger partial charge in [-0.15, -0.1) is 0 Å². The summed E-state index contributed by atoms with van der Waals surface area (Å²) in [5.74, 6) is 1.52. The molecule has 0 aromatic heterocycles.